The first kappa shape index (κ1) is 20.7. The zero-order valence-corrected chi connectivity index (χ0v) is 17.7. The van der Waals surface area contributed by atoms with Crippen LogP contribution in [-0.2, 0) is 4.79 Å². The van der Waals surface area contributed by atoms with Gasteiger partial charge in [0.05, 0.1) is 17.1 Å². The molecule has 0 spiro atoms. The third-order valence-corrected chi connectivity index (χ3v) is 6.32. The van der Waals surface area contributed by atoms with Crippen LogP contribution in [0, 0.1) is 18.8 Å². The van der Waals surface area contributed by atoms with E-state index in [0.717, 1.165) is 67.2 Å². The van der Waals surface area contributed by atoms with Crippen LogP contribution in [0.2, 0.25) is 0 Å². The fourth-order valence-corrected chi connectivity index (χ4v) is 4.60. The van der Waals surface area contributed by atoms with E-state index < -0.39 is 0 Å². The van der Waals surface area contributed by atoms with Gasteiger partial charge in [0.15, 0.2) is 0 Å². The minimum absolute atomic E-state index is 0.0721. The molecule has 28 heavy (non-hydrogen) atoms. The average Bonchev–Trinajstić information content (AvgIpc) is 3.25. The van der Waals surface area contributed by atoms with Crippen molar-refractivity contribution in [2.45, 2.75) is 51.9 Å². The van der Waals surface area contributed by atoms with E-state index in [0.29, 0.717) is 13.1 Å². The van der Waals surface area contributed by atoms with Crippen molar-refractivity contribution >= 4 is 23.6 Å². The predicted octanol–water partition coefficient (Wildman–Crippen LogP) is 3.44. The Hall–Kier alpha value is -2.00. The largest absolute Gasteiger partial charge is 0.332 e. The van der Waals surface area contributed by atoms with Crippen molar-refractivity contribution < 1.29 is 9.59 Å². The number of aromatic nitrogens is 1. The van der Waals surface area contributed by atoms with Crippen molar-refractivity contribution in [3.05, 3.63) is 29.1 Å². The number of carbonyl (C=O) groups is 2. The molecule has 0 aromatic carbocycles. The molecule has 2 fully saturated rings. The molecular weight excluding hydrogens is 370 g/mol. The number of aryl methyl sites for hydroxylation is 1. The Balaban J connectivity index is 1.66. The number of piperidine rings is 1. The monoisotopic (exact) mass is 399 g/mol. The molecule has 2 aliphatic heterocycles. The van der Waals surface area contributed by atoms with Gasteiger partial charge < -0.3 is 9.80 Å². The summed E-state index contributed by atoms with van der Waals surface area (Å²) in [5.74, 6) is 7.75. The van der Waals surface area contributed by atoms with E-state index in [-0.39, 0.29) is 17.7 Å². The van der Waals surface area contributed by atoms with E-state index in [1.54, 1.807) is 11.8 Å². The number of amides is 2. The van der Waals surface area contributed by atoms with Crippen molar-refractivity contribution in [2.24, 2.45) is 0 Å². The molecule has 2 amide bonds. The summed E-state index contributed by atoms with van der Waals surface area (Å²) in [4.78, 5) is 33.7. The van der Waals surface area contributed by atoms with Crippen LogP contribution in [0.3, 0.4) is 0 Å². The second-order valence-corrected chi connectivity index (χ2v) is 8.54. The van der Waals surface area contributed by atoms with Gasteiger partial charge in [-0.05, 0) is 44.2 Å². The number of rotatable bonds is 4. The zero-order valence-electron chi connectivity index (χ0n) is 16.9. The average molecular weight is 400 g/mol. The lowest BCUT2D eigenvalue weighted by atomic mass is 9.89. The van der Waals surface area contributed by atoms with E-state index in [2.05, 4.69) is 18.8 Å². The number of carbonyl (C=O) groups excluding carboxylic acids is 2. The number of thioether (sulfide) groups is 1. The molecule has 3 heterocycles. The van der Waals surface area contributed by atoms with Gasteiger partial charge in [-0.15, -0.1) is 11.8 Å². The number of hydrogen-bond acceptors (Lipinski definition) is 4. The molecule has 0 aliphatic carbocycles. The van der Waals surface area contributed by atoms with Gasteiger partial charge in [-0.2, -0.15) is 0 Å². The third-order valence-electron chi connectivity index (χ3n) is 5.35. The number of unbranched alkanes of at least 4 members (excludes halogenated alkanes) is 2. The van der Waals surface area contributed by atoms with Gasteiger partial charge in [0.25, 0.3) is 11.8 Å². The maximum absolute atomic E-state index is 13.0. The molecule has 0 saturated carbocycles. The SMILES string of the molecule is CCCCC#CC(=O)N1CCC(c2nc(C)ccc2C(=O)N2CCSC2)CC1. The first-order valence-electron chi connectivity index (χ1n) is 10.2. The normalized spacial score (nSPS) is 17.4. The predicted molar refractivity (Wildman–Crippen MR) is 113 cm³/mol. The van der Waals surface area contributed by atoms with Gasteiger partial charge in [0.1, 0.15) is 0 Å². The summed E-state index contributed by atoms with van der Waals surface area (Å²) in [7, 11) is 0. The van der Waals surface area contributed by atoms with Crippen LogP contribution < -0.4 is 0 Å². The van der Waals surface area contributed by atoms with Crippen molar-refractivity contribution in [3.63, 3.8) is 0 Å². The van der Waals surface area contributed by atoms with Gasteiger partial charge in [0.2, 0.25) is 0 Å². The summed E-state index contributed by atoms with van der Waals surface area (Å²) in [6.45, 7) is 6.24. The third kappa shape index (κ3) is 5.08. The number of hydrogen-bond donors (Lipinski definition) is 0. The van der Waals surface area contributed by atoms with Crippen LogP contribution in [-0.4, -0.2) is 57.9 Å². The summed E-state index contributed by atoms with van der Waals surface area (Å²) in [5, 5.41) is 0. The summed E-state index contributed by atoms with van der Waals surface area (Å²) in [5.41, 5.74) is 2.57. The van der Waals surface area contributed by atoms with Crippen LogP contribution in [0.5, 0.6) is 0 Å². The first-order chi connectivity index (χ1) is 13.6. The van der Waals surface area contributed by atoms with Gasteiger partial charge in [-0.1, -0.05) is 19.3 Å². The molecule has 1 aromatic rings. The lowest BCUT2D eigenvalue weighted by molar-refractivity contribution is -0.126. The Bertz CT molecular complexity index is 770. The Morgan fingerprint density at radius 2 is 2.00 bits per heavy atom. The van der Waals surface area contributed by atoms with Gasteiger partial charge in [-0.3, -0.25) is 14.6 Å². The molecule has 3 rings (SSSR count). The lowest BCUT2D eigenvalue weighted by Crippen LogP contribution is -2.38. The van der Waals surface area contributed by atoms with Gasteiger partial charge >= 0.3 is 0 Å². The summed E-state index contributed by atoms with van der Waals surface area (Å²) < 4.78 is 0. The van der Waals surface area contributed by atoms with Crippen LogP contribution in [0.15, 0.2) is 12.1 Å². The molecule has 2 aliphatic rings. The van der Waals surface area contributed by atoms with Crippen molar-refractivity contribution in [2.75, 3.05) is 31.3 Å². The second kappa shape index (κ2) is 9.97. The van der Waals surface area contributed by atoms with Gasteiger partial charge in [-0.25, -0.2) is 0 Å². The lowest BCUT2D eigenvalue weighted by Gasteiger charge is -2.31. The van der Waals surface area contributed by atoms with Crippen molar-refractivity contribution in [1.29, 1.82) is 0 Å². The summed E-state index contributed by atoms with van der Waals surface area (Å²) >= 11 is 1.79. The van der Waals surface area contributed by atoms with Crippen LogP contribution in [0.4, 0.5) is 0 Å². The quantitative estimate of drug-likeness (QED) is 0.575. The van der Waals surface area contributed by atoms with Crippen LogP contribution in [0.25, 0.3) is 0 Å². The fourth-order valence-electron chi connectivity index (χ4n) is 3.65. The van der Waals surface area contributed by atoms with Crippen LogP contribution >= 0.6 is 11.8 Å². The van der Waals surface area contributed by atoms with Crippen molar-refractivity contribution in [1.82, 2.24) is 14.8 Å². The Kier molecular flexibility index (Phi) is 7.38. The Labute approximate surface area is 172 Å². The van der Waals surface area contributed by atoms with Crippen molar-refractivity contribution in [3.8, 4) is 11.8 Å². The minimum Gasteiger partial charge on any atom is -0.332 e. The van der Waals surface area contributed by atoms with Crippen LogP contribution in [0.1, 0.15) is 66.7 Å². The standard InChI is InChI=1S/C22H29N3O2S/c1-3-4-5-6-7-20(26)24-12-10-18(11-13-24)21-19(9-8-17(2)23-21)22(27)25-14-15-28-16-25/h8-9,18H,3-5,10-16H2,1-2H3. The molecule has 0 N–H and O–H groups in total. The number of nitrogens with zero attached hydrogens (tertiary/aromatic N) is 3. The molecule has 0 atom stereocenters. The Morgan fingerprint density at radius 3 is 2.68 bits per heavy atom. The Morgan fingerprint density at radius 1 is 1.21 bits per heavy atom. The number of pyridine rings is 1. The summed E-state index contributed by atoms with van der Waals surface area (Å²) in [6, 6.07) is 3.85. The highest BCUT2D eigenvalue weighted by molar-refractivity contribution is 7.99. The second-order valence-electron chi connectivity index (χ2n) is 7.46. The smallest absolute Gasteiger partial charge is 0.298 e. The van der Waals surface area contributed by atoms with E-state index in [1.807, 2.05) is 28.9 Å². The van der Waals surface area contributed by atoms with E-state index in [1.165, 1.54) is 0 Å². The molecule has 0 bridgehead atoms. The molecule has 1 aromatic heterocycles. The molecule has 150 valence electrons. The highest BCUT2D eigenvalue weighted by Crippen LogP contribution is 2.30. The highest BCUT2D eigenvalue weighted by atomic mass is 32.2. The van der Waals surface area contributed by atoms with E-state index in [9.17, 15) is 9.59 Å². The fraction of sp³-hybridized carbons (Fsp3) is 0.591. The van der Waals surface area contributed by atoms with E-state index in [4.69, 9.17) is 4.98 Å². The van der Waals surface area contributed by atoms with Gasteiger partial charge in [0, 0.05) is 43.4 Å². The molecule has 6 heteroatoms. The van der Waals surface area contributed by atoms with E-state index >= 15 is 0 Å². The minimum atomic E-state index is -0.0721. The molecule has 2 saturated heterocycles. The summed E-state index contributed by atoms with van der Waals surface area (Å²) in [6.07, 6.45) is 4.57. The molecular formula is C22H29N3O2S. The number of likely N-dealkylation sites (tertiary alicyclic amines) is 1. The maximum atomic E-state index is 13.0. The molecule has 0 radical (unpaired) electrons. The molecule has 5 nitrogen and oxygen atoms in total. The maximum Gasteiger partial charge on any atom is 0.298 e. The molecule has 0 unspecified atom stereocenters. The zero-order chi connectivity index (χ0) is 19.9. The topological polar surface area (TPSA) is 53.5 Å². The highest BCUT2D eigenvalue weighted by Gasteiger charge is 2.29. The first-order valence-corrected chi connectivity index (χ1v) is 11.4.